The van der Waals surface area contributed by atoms with E-state index in [-0.39, 0.29) is 86.5 Å². The molecule has 4 aromatic heterocycles. The minimum Gasteiger partial charge on any atom is -0.551 e. The average Bonchev–Trinajstić information content (AvgIpc) is 3.25. The first kappa shape index (κ1) is 22.9. The molecule has 4 nitrogen and oxygen atoms in total. The Morgan fingerprint density at radius 3 is 2.16 bits per heavy atom. The maximum Gasteiger partial charge on any atom is 0 e. The van der Waals surface area contributed by atoms with Crippen LogP contribution in [0.2, 0.25) is 0 Å². The van der Waals surface area contributed by atoms with Gasteiger partial charge in [-0.15, -0.1) is 18.0 Å². The van der Waals surface area contributed by atoms with Crippen molar-refractivity contribution >= 4 is 0 Å². The molecule has 0 aromatic carbocycles. The van der Waals surface area contributed by atoms with E-state index >= 15 is 0 Å². The molecule has 25 heavy (non-hydrogen) atoms. The second kappa shape index (κ2) is 10.3. The summed E-state index contributed by atoms with van der Waals surface area (Å²) in [7, 11) is 0. The molecule has 7 heteroatoms. The standard InChI is InChI=1S/C18H14N4.Pt.2Y/c1-14-5-4-12-22(14)18-9-7-16(20-18)13-15-6-8-17(19-15)21-10-2-3-11-21;;;/h2-10,12H,1,13H2;;;/q-4;;;. The van der Waals surface area contributed by atoms with E-state index in [1.54, 1.807) is 0 Å². The van der Waals surface area contributed by atoms with Gasteiger partial charge in [0.15, 0.2) is 0 Å². The van der Waals surface area contributed by atoms with E-state index in [4.69, 9.17) is 0 Å². The Hall–Kier alpha value is -0.114. The number of hydrogen-bond donors (Lipinski definition) is 0. The Bertz CT molecular complexity index is 890. The van der Waals surface area contributed by atoms with Gasteiger partial charge in [0.25, 0.3) is 0 Å². The van der Waals surface area contributed by atoms with Gasteiger partial charge in [0.05, 0.1) is 0 Å². The van der Waals surface area contributed by atoms with E-state index < -0.39 is 0 Å². The summed E-state index contributed by atoms with van der Waals surface area (Å²) in [6, 6.07) is 15.8. The number of hydrogen-bond acceptors (Lipinski definition) is 0. The van der Waals surface area contributed by atoms with Crippen LogP contribution >= 0.6 is 0 Å². The van der Waals surface area contributed by atoms with Gasteiger partial charge in [0, 0.05) is 86.5 Å². The predicted molar refractivity (Wildman–Crippen MR) is 84.3 cm³/mol. The molecular formula is C18H14N4PtY2-4. The monoisotopic (exact) mass is 659 g/mol. The molecule has 0 amide bonds. The van der Waals surface area contributed by atoms with Crippen molar-refractivity contribution in [3.05, 3.63) is 91.1 Å². The van der Waals surface area contributed by atoms with E-state index in [9.17, 15) is 0 Å². The first-order valence-electron chi connectivity index (χ1n) is 7.10. The summed E-state index contributed by atoms with van der Waals surface area (Å²) >= 11 is 0. The Morgan fingerprint density at radius 2 is 1.56 bits per heavy atom. The van der Waals surface area contributed by atoms with Gasteiger partial charge in [0.1, 0.15) is 0 Å². The molecule has 0 spiro atoms. The number of aromatic nitrogens is 4. The van der Waals surface area contributed by atoms with Crippen LogP contribution in [-0.4, -0.2) is 9.13 Å². The van der Waals surface area contributed by atoms with Crippen molar-refractivity contribution < 1.29 is 86.5 Å². The maximum atomic E-state index is 4.65. The predicted octanol–water partition coefficient (Wildman–Crippen LogP) is 2.75. The normalized spacial score (nSPS) is 9.76. The van der Waals surface area contributed by atoms with Gasteiger partial charge in [-0.05, 0) is 6.42 Å². The zero-order valence-electron chi connectivity index (χ0n) is 13.4. The summed E-state index contributed by atoms with van der Waals surface area (Å²) in [4.78, 5) is 9.26. The van der Waals surface area contributed by atoms with Gasteiger partial charge in [-0.3, -0.25) is 0 Å². The largest absolute Gasteiger partial charge is 0.551 e. The number of nitrogens with zero attached hydrogens (tertiary/aromatic N) is 4. The van der Waals surface area contributed by atoms with E-state index in [0.29, 0.717) is 0 Å². The fraction of sp³-hybridized carbons (Fsp3) is 0.0556. The van der Waals surface area contributed by atoms with Crippen molar-refractivity contribution in [1.82, 2.24) is 19.1 Å². The first-order valence-corrected chi connectivity index (χ1v) is 7.10. The summed E-state index contributed by atoms with van der Waals surface area (Å²) < 4.78 is 3.85. The molecule has 2 radical (unpaired) electrons. The Morgan fingerprint density at radius 1 is 0.880 bits per heavy atom. The summed E-state index contributed by atoms with van der Waals surface area (Å²) in [5.74, 6) is 1.78. The second-order valence-electron chi connectivity index (χ2n) is 5.14. The van der Waals surface area contributed by atoms with Crippen LogP contribution in [0.15, 0.2) is 60.9 Å². The first-order chi connectivity index (χ1) is 10.8. The van der Waals surface area contributed by atoms with Crippen LogP contribution in [0.5, 0.6) is 0 Å². The summed E-state index contributed by atoms with van der Waals surface area (Å²) in [6.45, 7) is 3.99. The van der Waals surface area contributed by atoms with Gasteiger partial charge in [-0.1, -0.05) is 41.6 Å². The summed E-state index contributed by atoms with van der Waals surface area (Å²) in [6.07, 6.45) is 7.71. The molecule has 0 bridgehead atoms. The molecule has 0 atom stereocenters. The van der Waals surface area contributed by atoms with Crippen molar-refractivity contribution in [3.63, 3.8) is 0 Å². The van der Waals surface area contributed by atoms with Crippen LogP contribution < -0.4 is 9.97 Å². The molecule has 0 fully saturated rings. The summed E-state index contributed by atoms with van der Waals surface area (Å²) in [5, 5.41) is 0. The summed E-state index contributed by atoms with van der Waals surface area (Å²) in [5.41, 5.74) is 2.94. The Labute approximate surface area is 212 Å². The van der Waals surface area contributed by atoms with Crippen molar-refractivity contribution in [3.8, 4) is 11.6 Å². The van der Waals surface area contributed by atoms with Crippen LogP contribution in [0.4, 0.5) is 0 Å². The van der Waals surface area contributed by atoms with Crippen LogP contribution in [0, 0.1) is 13.1 Å². The molecule has 0 saturated carbocycles. The third-order valence-electron chi connectivity index (χ3n) is 3.60. The third kappa shape index (κ3) is 5.20. The second-order valence-corrected chi connectivity index (χ2v) is 5.14. The quantitative estimate of drug-likeness (QED) is 0.317. The fourth-order valence-corrected chi connectivity index (χ4v) is 2.51. The van der Waals surface area contributed by atoms with Crippen molar-refractivity contribution in [1.29, 1.82) is 0 Å². The van der Waals surface area contributed by atoms with Gasteiger partial charge < -0.3 is 19.1 Å². The van der Waals surface area contributed by atoms with E-state index in [0.717, 1.165) is 35.1 Å². The third-order valence-corrected chi connectivity index (χ3v) is 3.60. The van der Waals surface area contributed by atoms with Crippen LogP contribution in [0.3, 0.4) is 0 Å². The van der Waals surface area contributed by atoms with E-state index in [1.165, 1.54) is 0 Å². The SMILES string of the molecule is [CH2-]c1cccn1-c1ccc(Cc2ccc(-n3[c-]ccc3)[n-]2)[n-]1.[Pt].[Y].[Y]. The molecular weight excluding hydrogens is 645 g/mol. The van der Waals surface area contributed by atoms with Crippen LogP contribution in [-0.2, 0) is 92.9 Å². The molecule has 0 unspecified atom stereocenters. The van der Waals surface area contributed by atoms with Crippen LogP contribution in [0.25, 0.3) is 11.6 Å². The molecule has 0 aliphatic heterocycles. The minimum absolute atomic E-state index is 0. The van der Waals surface area contributed by atoms with Crippen molar-refractivity contribution in [2.45, 2.75) is 6.42 Å². The molecule has 0 aliphatic rings. The van der Waals surface area contributed by atoms with Gasteiger partial charge in [-0.25, -0.2) is 24.9 Å². The van der Waals surface area contributed by atoms with E-state index in [1.807, 2.05) is 70.1 Å². The number of rotatable bonds is 4. The zero-order valence-corrected chi connectivity index (χ0v) is 21.4. The molecule has 0 aliphatic carbocycles. The molecule has 0 saturated heterocycles. The van der Waals surface area contributed by atoms with E-state index in [2.05, 4.69) is 23.1 Å². The Balaban J connectivity index is 0.00000104. The smallest absolute Gasteiger partial charge is 0 e. The van der Waals surface area contributed by atoms with Crippen LogP contribution in [0.1, 0.15) is 17.1 Å². The topological polar surface area (TPSA) is 38.1 Å². The van der Waals surface area contributed by atoms with Gasteiger partial charge in [-0.2, -0.15) is 18.3 Å². The van der Waals surface area contributed by atoms with Crippen molar-refractivity contribution in [2.24, 2.45) is 0 Å². The average molecular weight is 659 g/mol. The van der Waals surface area contributed by atoms with Gasteiger partial charge >= 0.3 is 0 Å². The molecule has 4 rings (SSSR count). The minimum atomic E-state index is 0. The maximum absolute atomic E-state index is 4.65. The molecule has 126 valence electrons. The Kier molecular flexibility index (Phi) is 9.43. The molecule has 4 aromatic rings. The van der Waals surface area contributed by atoms with Gasteiger partial charge in [0.2, 0.25) is 0 Å². The molecule has 4 heterocycles. The zero-order chi connectivity index (χ0) is 14.9. The fourth-order valence-electron chi connectivity index (χ4n) is 2.51. The van der Waals surface area contributed by atoms with Crippen molar-refractivity contribution in [2.75, 3.05) is 0 Å². The molecule has 0 N–H and O–H groups in total.